The van der Waals surface area contributed by atoms with Crippen molar-refractivity contribution in [2.45, 2.75) is 11.8 Å². The summed E-state index contributed by atoms with van der Waals surface area (Å²) < 4.78 is 26.1. The molecule has 94 valence electrons. The van der Waals surface area contributed by atoms with Crippen molar-refractivity contribution in [2.75, 3.05) is 6.54 Å². The number of halogens is 1. The molecule has 0 aromatic heterocycles. The molecule has 0 spiro atoms. The van der Waals surface area contributed by atoms with Gasteiger partial charge in [-0.15, -0.1) is 0 Å². The first-order valence-electron chi connectivity index (χ1n) is 4.87. The standard InChI is InChI=1S/C10H13ClN2O2S2/c1-7(10(12)16)6-13-17(14,15)9-4-2-3-8(11)5-9/h2-5,7,13H,6H2,1H3,(H2,12,16). The first-order chi connectivity index (χ1) is 7.83. The third kappa shape index (κ3) is 4.23. The van der Waals surface area contributed by atoms with E-state index in [9.17, 15) is 8.42 Å². The summed E-state index contributed by atoms with van der Waals surface area (Å²) in [5, 5.41) is 0.371. The van der Waals surface area contributed by atoms with Crippen molar-refractivity contribution in [3.05, 3.63) is 29.3 Å². The highest BCUT2D eigenvalue weighted by atomic mass is 35.5. The maximum Gasteiger partial charge on any atom is 0.240 e. The summed E-state index contributed by atoms with van der Waals surface area (Å²) in [4.78, 5) is 0.402. The lowest BCUT2D eigenvalue weighted by Crippen LogP contribution is -2.33. The van der Waals surface area contributed by atoms with Crippen molar-refractivity contribution in [3.8, 4) is 0 Å². The lowest BCUT2D eigenvalue weighted by Gasteiger charge is -2.11. The zero-order valence-electron chi connectivity index (χ0n) is 9.18. The molecule has 0 bridgehead atoms. The van der Waals surface area contributed by atoms with E-state index >= 15 is 0 Å². The van der Waals surface area contributed by atoms with Crippen LogP contribution in [0.4, 0.5) is 0 Å². The quantitative estimate of drug-likeness (QED) is 0.808. The molecular formula is C10H13ClN2O2S2. The summed E-state index contributed by atoms with van der Waals surface area (Å²) in [6.45, 7) is 1.92. The van der Waals surface area contributed by atoms with Crippen LogP contribution in [-0.4, -0.2) is 20.0 Å². The Balaban J connectivity index is 2.79. The third-order valence-corrected chi connectivity index (χ3v) is 4.23. The molecule has 7 heteroatoms. The van der Waals surface area contributed by atoms with Gasteiger partial charge in [-0.3, -0.25) is 0 Å². The second-order valence-corrected chi connectivity index (χ2v) is 6.29. The van der Waals surface area contributed by atoms with Crippen LogP contribution in [0.2, 0.25) is 5.02 Å². The molecule has 0 saturated heterocycles. The number of thiocarbonyl (C=S) groups is 1. The van der Waals surface area contributed by atoms with Crippen LogP contribution in [0.1, 0.15) is 6.92 Å². The predicted molar refractivity (Wildman–Crippen MR) is 72.6 cm³/mol. The van der Waals surface area contributed by atoms with Crippen LogP contribution in [0.25, 0.3) is 0 Å². The van der Waals surface area contributed by atoms with Crippen molar-refractivity contribution in [2.24, 2.45) is 11.7 Å². The molecule has 1 aromatic rings. The summed E-state index contributed by atoms with van der Waals surface area (Å²) in [5.74, 6) is -0.195. The molecule has 4 nitrogen and oxygen atoms in total. The monoisotopic (exact) mass is 292 g/mol. The fourth-order valence-corrected chi connectivity index (χ4v) is 2.57. The molecule has 0 radical (unpaired) electrons. The minimum absolute atomic E-state index is 0.125. The zero-order chi connectivity index (χ0) is 13.1. The molecule has 0 aliphatic heterocycles. The number of sulfonamides is 1. The second-order valence-electron chi connectivity index (χ2n) is 3.61. The molecule has 0 saturated carbocycles. The Morgan fingerprint density at radius 2 is 2.24 bits per heavy atom. The van der Waals surface area contributed by atoms with Crippen molar-refractivity contribution < 1.29 is 8.42 Å². The smallest absolute Gasteiger partial charge is 0.240 e. The van der Waals surface area contributed by atoms with Crippen LogP contribution in [0, 0.1) is 5.92 Å². The molecule has 1 atom stereocenters. The molecule has 1 rings (SSSR count). The number of hydrogen-bond donors (Lipinski definition) is 2. The van der Waals surface area contributed by atoms with E-state index < -0.39 is 10.0 Å². The topological polar surface area (TPSA) is 72.2 Å². The van der Waals surface area contributed by atoms with Crippen LogP contribution in [0.15, 0.2) is 29.2 Å². The minimum Gasteiger partial charge on any atom is -0.393 e. The number of nitrogens with two attached hydrogens (primary N) is 1. The fraction of sp³-hybridized carbons (Fsp3) is 0.300. The second kappa shape index (κ2) is 5.77. The van der Waals surface area contributed by atoms with E-state index in [1.54, 1.807) is 19.1 Å². The number of rotatable bonds is 5. The fourth-order valence-electron chi connectivity index (χ4n) is 1.05. The SMILES string of the molecule is CC(CNS(=O)(=O)c1cccc(Cl)c1)C(N)=S. The van der Waals surface area contributed by atoms with Gasteiger partial charge < -0.3 is 5.73 Å². The highest BCUT2D eigenvalue weighted by molar-refractivity contribution is 7.89. The summed E-state index contributed by atoms with van der Waals surface area (Å²) in [6, 6.07) is 6.04. The minimum atomic E-state index is -3.56. The number of hydrogen-bond acceptors (Lipinski definition) is 3. The van der Waals surface area contributed by atoms with Crippen LogP contribution in [-0.2, 0) is 10.0 Å². The Labute approximate surface area is 111 Å². The van der Waals surface area contributed by atoms with Gasteiger partial charge >= 0.3 is 0 Å². The molecular weight excluding hydrogens is 280 g/mol. The zero-order valence-corrected chi connectivity index (χ0v) is 11.6. The highest BCUT2D eigenvalue weighted by Gasteiger charge is 2.16. The number of nitrogens with one attached hydrogen (secondary N) is 1. The van der Waals surface area contributed by atoms with Crippen molar-refractivity contribution in [1.29, 1.82) is 0 Å². The van der Waals surface area contributed by atoms with Gasteiger partial charge in [0.25, 0.3) is 0 Å². The maximum absolute atomic E-state index is 11.9. The maximum atomic E-state index is 11.9. The van der Waals surface area contributed by atoms with Gasteiger partial charge in [0.05, 0.1) is 9.88 Å². The summed E-state index contributed by atoms with van der Waals surface area (Å²) in [7, 11) is -3.56. The van der Waals surface area contributed by atoms with Gasteiger partial charge in [0.2, 0.25) is 10.0 Å². The predicted octanol–water partition coefficient (Wildman–Crippen LogP) is 1.54. The molecule has 0 aliphatic carbocycles. The highest BCUT2D eigenvalue weighted by Crippen LogP contribution is 2.15. The summed E-state index contributed by atoms with van der Waals surface area (Å²) >= 11 is 10.5. The summed E-state index contributed by atoms with van der Waals surface area (Å²) in [6.07, 6.45) is 0. The van der Waals surface area contributed by atoms with Gasteiger partial charge in [0, 0.05) is 17.5 Å². The van der Waals surface area contributed by atoms with E-state index in [1.807, 2.05) is 0 Å². The lowest BCUT2D eigenvalue weighted by atomic mass is 10.2. The van der Waals surface area contributed by atoms with Crippen LogP contribution >= 0.6 is 23.8 Å². The van der Waals surface area contributed by atoms with Gasteiger partial charge in [0.1, 0.15) is 0 Å². The Morgan fingerprint density at radius 1 is 1.59 bits per heavy atom. The largest absolute Gasteiger partial charge is 0.393 e. The normalized spacial score (nSPS) is 13.3. The third-order valence-electron chi connectivity index (χ3n) is 2.17. The molecule has 0 aliphatic rings. The molecule has 0 fully saturated rings. The van der Waals surface area contributed by atoms with E-state index in [4.69, 9.17) is 29.6 Å². The lowest BCUT2D eigenvalue weighted by molar-refractivity contribution is 0.575. The molecule has 17 heavy (non-hydrogen) atoms. The molecule has 0 heterocycles. The van der Waals surface area contributed by atoms with Gasteiger partial charge in [0.15, 0.2) is 0 Å². The average molecular weight is 293 g/mol. The first-order valence-corrected chi connectivity index (χ1v) is 7.14. The Kier molecular flexibility index (Phi) is 4.88. The van der Waals surface area contributed by atoms with Crippen molar-refractivity contribution >= 4 is 38.8 Å². The summed E-state index contributed by atoms with van der Waals surface area (Å²) in [5.41, 5.74) is 5.40. The van der Waals surface area contributed by atoms with Gasteiger partial charge in [-0.2, -0.15) is 0 Å². The molecule has 1 aromatic carbocycles. The van der Waals surface area contributed by atoms with E-state index in [1.165, 1.54) is 12.1 Å². The van der Waals surface area contributed by atoms with Gasteiger partial charge in [-0.1, -0.05) is 36.8 Å². The Hall–Kier alpha value is -0.690. The molecule has 3 N–H and O–H groups in total. The number of benzene rings is 1. The van der Waals surface area contributed by atoms with Crippen molar-refractivity contribution in [3.63, 3.8) is 0 Å². The van der Waals surface area contributed by atoms with Crippen LogP contribution in [0.3, 0.4) is 0 Å². The van der Waals surface area contributed by atoms with Crippen molar-refractivity contribution in [1.82, 2.24) is 4.72 Å². The average Bonchev–Trinajstić information content (AvgIpc) is 2.26. The Bertz CT molecular complexity index is 517. The van der Waals surface area contributed by atoms with Gasteiger partial charge in [-0.05, 0) is 18.2 Å². The van der Waals surface area contributed by atoms with E-state index in [2.05, 4.69) is 4.72 Å². The Morgan fingerprint density at radius 3 is 2.76 bits per heavy atom. The van der Waals surface area contributed by atoms with Crippen LogP contribution in [0.5, 0.6) is 0 Å². The van der Waals surface area contributed by atoms with E-state index in [0.717, 1.165) is 0 Å². The van der Waals surface area contributed by atoms with E-state index in [-0.39, 0.29) is 22.3 Å². The molecule has 1 unspecified atom stereocenters. The first kappa shape index (κ1) is 14.4. The molecule has 0 amide bonds. The van der Waals surface area contributed by atoms with Gasteiger partial charge in [-0.25, -0.2) is 13.1 Å². The van der Waals surface area contributed by atoms with E-state index in [0.29, 0.717) is 5.02 Å². The van der Waals surface area contributed by atoms with Crippen LogP contribution < -0.4 is 10.5 Å².